The van der Waals surface area contributed by atoms with E-state index in [0.29, 0.717) is 0 Å². The van der Waals surface area contributed by atoms with Gasteiger partial charge in [0.05, 0.1) is 5.69 Å². The fraction of sp³-hybridized carbons (Fsp3) is 0.417. The number of nitrogens with one attached hydrogen (secondary N) is 2. The SMILES string of the molecule is CCNC(c1ccc(=O)[nH]n1)c1nccn1CC. The zero-order valence-electron chi connectivity index (χ0n) is 10.6. The molecule has 18 heavy (non-hydrogen) atoms. The van der Waals surface area contributed by atoms with Crippen molar-refractivity contribution in [1.82, 2.24) is 25.1 Å². The molecule has 2 heterocycles. The van der Waals surface area contributed by atoms with E-state index in [-0.39, 0.29) is 11.6 Å². The first-order valence-corrected chi connectivity index (χ1v) is 6.06. The van der Waals surface area contributed by atoms with Crippen LogP contribution < -0.4 is 10.9 Å². The van der Waals surface area contributed by atoms with Crippen LogP contribution in [0.5, 0.6) is 0 Å². The summed E-state index contributed by atoms with van der Waals surface area (Å²) in [5.41, 5.74) is 0.560. The summed E-state index contributed by atoms with van der Waals surface area (Å²) in [4.78, 5) is 15.4. The van der Waals surface area contributed by atoms with Gasteiger partial charge in [0.15, 0.2) is 0 Å². The molecule has 6 heteroatoms. The van der Waals surface area contributed by atoms with Crippen LogP contribution in [0, 0.1) is 0 Å². The van der Waals surface area contributed by atoms with Gasteiger partial charge in [-0.3, -0.25) is 4.79 Å². The Labute approximate surface area is 105 Å². The van der Waals surface area contributed by atoms with Crippen LogP contribution >= 0.6 is 0 Å². The Morgan fingerprint density at radius 3 is 2.89 bits per heavy atom. The molecule has 2 N–H and O–H groups in total. The van der Waals surface area contributed by atoms with Gasteiger partial charge in [-0.15, -0.1) is 0 Å². The van der Waals surface area contributed by atoms with Crippen molar-refractivity contribution in [2.45, 2.75) is 26.4 Å². The fourth-order valence-corrected chi connectivity index (χ4v) is 1.90. The first-order valence-electron chi connectivity index (χ1n) is 6.06. The van der Waals surface area contributed by atoms with Gasteiger partial charge >= 0.3 is 0 Å². The first-order chi connectivity index (χ1) is 8.76. The lowest BCUT2D eigenvalue weighted by molar-refractivity contribution is 0.542. The van der Waals surface area contributed by atoms with Crippen molar-refractivity contribution >= 4 is 0 Å². The van der Waals surface area contributed by atoms with Crippen molar-refractivity contribution in [3.05, 3.63) is 46.4 Å². The molecule has 2 aromatic rings. The molecule has 0 aliphatic rings. The highest BCUT2D eigenvalue weighted by Crippen LogP contribution is 2.17. The van der Waals surface area contributed by atoms with E-state index in [1.165, 1.54) is 6.07 Å². The number of nitrogens with zero attached hydrogens (tertiary/aromatic N) is 3. The summed E-state index contributed by atoms with van der Waals surface area (Å²) in [5.74, 6) is 0.902. The first kappa shape index (κ1) is 12.5. The standard InChI is InChI=1S/C12H17N5O/c1-3-13-11(9-5-6-10(18)16-15-9)12-14-7-8-17(12)4-2/h5-8,11,13H,3-4H2,1-2H3,(H,16,18). The quantitative estimate of drug-likeness (QED) is 0.815. The van der Waals surface area contributed by atoms with Crippen LogP contribution in [0.2, 0.25) is 0 Å². The molecule has 0 saturated carbocycles. The number of hydrogen-bond acceptors (Lipinski definition) is 4. The average molecular weight is 247 g/mol. The molecule has 1 unspecified atom stereocenters. The van der Waals surface area contributed by atoms with Crippen LogP contribution in [0.15, 0.2) is 29.3 Å². The van der Waals surface area contributed by atoms with Gasteiger partial charge in [0.1, 0.15) is 11.9 Å². The van der Waals surface area contributed by atoms with E-state index in [1.807, 2.05) is 13.1 Å². The predicted octanol–water partition coefficient (Wildman–Crippen LogP) is 0.685. The molecule has 2 aromatic heterocycles. The number of hydrogen-bond donors (Lipinski definition) is 2. The number of imidazole rings is 1. The van der Waals surface area contributed by atoms with Gasteiger partial charge in [-0.25, -0.2) is 10.1 Å². The number of H-pyrrole nitrogens is 1. The summed E-state index contributed by atoms with van der Waals surface area (Å²) in [6.45, 7) is 5.73. The minimum atomic E-state index is -0.201. The van der Waals surface area contributed by atoms with Crippen LogP contribution in [-0.4, -0.2) is 26.3 Å². The van der Waals surface area contributed by atoms with Crippen LogP contribution in [0.25, 0.3) is 0 Å². The number of aromatic nitrogens is 4. The maximum Gasteiger partial charge on any atom is 0.264 e. The normalized spacial score (nSPS) is 12.6. The highest BCUT2D eigenvalue weighted by atomic mass is 16.1. The molecule has 0 amide bonds. The van der Waals surface area contributed by atoms with E-state index < -0.39 is 0 Å². The van der Waals surface area contributed by atoms with Crippen LogP contribution in [-0.2, 0) is 6.54 Å². The van der Waals surface area contributed by atoms with Crippen molar-refractivity contribution in [3.8, 4) is 0 Å². The number of aromatic amines is 1. The molecule has 6 nitrogen and oxygen atoms in total. The van der Waals surface area contributed by atoms with E-state index in [0.717, 1.165) is 24.6 Å². The van der Waals surface area contributed by atoms with Gasteiger partial charge in [-0.2, -0.15) is 5.10 Å². The summed E-state index contributed by atoms with van der Waals surface area (Å²) in [6, 6.07) is 3.09. The van der Waals surface area contributed by atoms with Gasteiger partial charge in [0, 0.05) is 25.0 Å². The molecule has 0 aliphatic heterocycles. The average Bonchev–Trinajstić information content (AvgIpc) is 2.85. The maximum atomic E-state index is 11.1. The lowest BCUT2D eigenvalue weighted by Crippen LogP contribution is -2.27. The van der Waals surface area contributed by atoms with Crippen molar-refractivity contribution in [2.75, 3.05) is 6.54 Å². The zero-order chi connectivity index (χ0) is 13.0. The molecule has 96 valence electrons. The topological polar surface area (TPSA) is 75.6 Å². The van der Waals surface area contributed by atoms with Crippen LogP contribution in [0.3, 0.4) is 0 Å². The second-order valence-corrected chi connectivity index (χ2v) is 3.91. The summed E-state index contributed by atoms with van der Waals surface area (Å²) in [5, 5.41) is 9.86. The second kappa shape index (κ2) is 5.59. The van der Waals surface area contributed by atoms with E-state index in [9.17, 15) is 4.79 Å². The maximum absolute atomic E-state index is 11.1. The highest BCUT2D eigenvalue weighted by Gasteiger charge is 2.19. The monoisotopic (exact) mass is 247 g/mol. The third-order valence-electron chi connectivity index (χ3n) is 2.75. The number of aryl methyl sites for hydroxylation is 1. The Morgan fingerprint density at radius 2 is 2.28 bits per heavy atom. The van der Waals surface area contributed by atoms with Gasteiger partial charge in [0.25, 0.3) is 5.56 Å². The van der Waals surface area contributed by atoms with Crippen molar-refractivity contribution in [2.24, 2.45) is 0 Å². The predicted molar refractivity (Wildman–Crippen MR) is 68.3 cm³/mol. The molecular weight excluding hydrogens is 230 g/mol. The molecule has 0 bridgehead atoms. The summed E-state index contributed by atoms with van der Waals surface area (Å²) in [7, 11) is 0. The van der Waals surface area contributed by atoms with Gasteiger partial charge in [-0.05, 0) is 19.5 Å². The van der Waals surface area contributed by atoms with Crippen LogP contribution in [0.4, 0.5) is 0 Å². The Morgan fingerprint density at radius 1 is 1.44 bits per heavy atom. The summed E-state index contributed by atoms with van der Waals surface area (Å²) < 4.78 is 2.06. The lowest BCUT2D eigenvalue weighted by atomic mass is 10.2. The smallest absolute Gasteiger partial charge is 0.264 e. The number of rotatable bonds is 5. The van der Waals surface area contributed by atoms with Crippen molar-refractivity contribution in [1.29, 1.82) is 0 Å². The van der Waals surface area contributed by atoms with E-state index in [1.54, 1.807) is 12.3 Å². The van der Waals surface area contributed by atoms with Crippen LogP contribution in [0.1, 0.15) is 31.4 Å². The Kier molecular flexibility index (Phi) is 3.88. The largest absolute Gasteiger partial charge is 0.334 e. The van der Waals surface area contributed by atoms with Crippen molar-refractivity contribution < 1.29 is 0 Å². The third-order valence-corrected chi connectivity index (χ3v) is 2.75. The molecule has 0 fully saturated rings. The zero-order valence-corrected chi connectivity index (χ0v) is 10.6. The van der Waals surface area contributed by atoms with Gasteiger partial charge in [-0.1, -0.05) is 6.92 Å². The minimum Gasteiger partial charge on any atom is -0.334 e. The molecule has 0 aromatic carbocycles. The summed E-state index contributed by atoms with van der Waals surface area (Å²) in [6.07, 6.45) is 3.71. The van der Waals surface area contributed by atoms with E-state index in [4.69, 9.17) is 0 Å². The Hall–Kier alpha value is -1.95. The van der Waals surface area contributed by atoms with Crippen molar-refractivity contribution in [3.63, 3.8) is 0 Å². The lowest BCUT2D eigenvalue weighted by Gasteiger charge is -2.17. The van der Waals surface area contributed by atoms with E-state index >= 15 is 0 Å². The molecule has 0 saturated heterocycles. The summed E-state index contributed by atoms with van der Waals surface area (Å²) >= 11 is 0. The Balaban J connectivity index is 2.39. The second-order valence-electron chi connectivity index (χ2n) is 3.91. The fourth-order valence-electron chi connectivity index (χ4n) is 1.90. The third kappa shape index (κ3) is 2.48. The highest BCUT2D eigenvalue weighted by molar-refractivity contribution is 5.16. The molecule has 0 aliphatic carbocycles. The molecule has 0 spiro atoms. The molecule has 0 radical (unpaired) electrons. The molecular formula is C12H17N5O. The van der Waals surface area contributed by atoms with E-state index in [2.05, 4.69) is 32.0 Å². The minimum absolute atomic E-state index is 0.109. The van der Waals surface area contributed by atoms with Gasteiger partial charge in [0.2, 0.25) is 0 Å². The molecule has 1 atom stereocenters. The Bertz CT molecular complexity index is 539. The van der Waals surface area contributed by atoms with Gasteiger partial charge < -0.3 is 9.88 Å². The molecule has 2 rings (SSSR count).